The predicted octanol–water partition coefficient (Wildman–Crippen LogP) is 1.04. The highest BCUT2D eigenvalue weighted by atomic mass is 32.2. The minimum atomic E-state index is -0.707. The van der Waals surface area contributed by atoms with Gasteiger partial charge in [0.25, 0.3) is 0 Å². The SMILES string of the molecule is COc1ccc(C2NCC(=O)N2C2CCS(=O)CC2)cc1. The highest BCUT2D eigenvalue weighted by Gasteiger charge is 2.37. The Bertz CT molecular complexity index is 536. The topological polar surface area (TPSA) is 58.6 Å². The van der Waals surface area contributed by atoms with Crippen LogP contribution >= 0.6 is 0 Å². The Labute approximate surface area is 127 Å². The minimum absolute atomic E-state index is 0.0834. The van der Waals surface area contributed by atoms with E-state index in [9.17, 15) is 9.00 Å². The molecule has 3 rings (SSSR count). The predicted molar refractivity (Wildman–Crippen MR) is 81.5 cm³/mol. The van der Waals surface area contributed by atoms with Gasteiger partial charge in [0.05, 0.1) is 13.7 Å². The summed E-state index contributed by atoms with van der Waals surface area (Å²) in [5, 5.41) is 3.28. The Morgan fingerprint density at radius 1 is 1.24 bits per heavy atom. The van der Waals surface area contributed by atoms with Crippen LogP contribution in [0.1, 0.15) is 24.6 Å². The number of hydrogen-bond acceptors (Lipinski definition) is 4. The number of nitrogens with one attached hydrogen (secondary N) is 1. The quantitative estimate of drug-likeness (QED) is 0.906. The molecule has 1 unspecified atom stereocenters. The van der Waals surface area contributed by atoms with Gasteiger partial charge in [0.1, 0.15) is 11.9 Å². The summed E-state index contributed by atoms with van der Waals surface area (Å²) in [6.45, 7) is 0.371. The van der Waals surface area contributed by atoms with Crippen molar-refractivity contribution in [3.8, 4) is 5.75 Å². The van der Waals surface area contributed by atoms with Gasteiger partial charge in [0.2, 0.25) is 5.91 Å². The smallest absolute Gasteiger partial charge is 0.238 e. The van der Waals surface area contributed by atoms with Crippen LogP contribution in [0.2, 0.25) is 0 Å². The van der Waals surface area contributed by atoms with Crippen molar-refractivity contribution in [3.05, 3.63) is 29.8 Å². The third-order valence-corrected chi connectivity index (χ3v) is 5.58. The van der Waals surface area contributed by atoms with Gasteiger partial charge in [0.15, 0.2) is 0 Å². The van der Waals surface area contributed by atoms with Crippen molar-refractivity contribution in [2.75, 3.05) is 25.2 Å². The maximum atomic E-state index is 12.2. The zero-order chi connectivity index (χ0) is 14.8. The number of amides is 1. The van der Waals surface area contributed by atoms with Gasteiger partial charge in [0, 0.05) is 28.3 Å². The molecule has 1 aromatic carbocycles. The lowest BCUT2D eigenvalue weighted by molar-refractivity contribution is -0.130. The molecule has 1 aromatic rings. The molecule has 2 aliphatic rings. The van der Waals surface area contributed by atoms with Crippen molar-refractivity contribution in [1.29, 1.82) is 0 Å². The van der Waals surface area contributed by atoms with E-state index in [0.29, 0.717) is 18.1 Å². The van der Waals surface area contributed by atoms with E-state index in [4.69, 9.17) is 4.74 Å². The molecule has 1 N–H and O–H groups in total. The summed E-state index contributed by atoms with van der Waals surface area (Å²) in [4.78, 5) is 14.2. The second kappa shape index (κ2) is 6.15. The Kier molecular flexibility index (Phi) is 4.26. The van der Waals surface area contributed by atoms with Crippen LogP contribution in [0.3, 0.4) is 0 Å². The first-order valence-corrected chi connectivity index (χ1v) is 8.71. The number of benzene rings is 1. The summed E-state index contributed by atoms with van der Waals surface area (Å²) in [6.07, 6.45) is 1.57. The Morgan fingerprint density at radius 2 is 1.90 bits per heavy atom. The van der Waals surface area contributed by atoms with E-state index >= 15 is 0 Å². The average Bonchev–Trinajstić information content (AvgIpc) is 2.90. The fourth-order valence-corrected chi connectivity index (χ4v) is 4.33. The first-order chi connectivity index (χ1) is 10.2. The second-order valence-electron chi connectivity index (χ2n) is 5.44. The molecule has 0 bridgehead atoms. The van der Waals surface area contributed by atoms with Crippen LogP contribution in [0, 0.1) is 0 Å². The van der Waals surface area contributed by atoms with Gasteiger partial charge in [-0.1, -0.05) is 12.1 Å². The van der Waals surface area contributed by atoms with Crippen molar-refractivity contribution in [2.24, 2.45) is 0 Å². The number of methoxy groups -OCH3 is 1. The van der Waals surface area contributed by atoms with E-state index in [1.807, 2.05) is 29.2 Å². The molecule has 6 heteroatoms. The zero-order valence-corrected chi connectivity index (χ0v) is 12.9. The molecule has 0 aliphatic carbocycles. The Balaban J connectivity index is 1.79. The van der Waals surface area contributed by atoms with Crippen LogP contribution in [-0.2, 0) is 15.6 Å². The average molecular weight is 308 g/mol. The third-order valence-electron chi connectivity index (χ3n) is 4.20. The summed E-state index contributed by atoms with van der Waals surface area (Å²) >= 11 is 0. The van der Waals surface area contributed by atoms with Gasteiger partial charge < -0.3 is 9.64 Å². The van der Waals surface area contributed by atoms with Gasteiger partial charge >= 0.3 is 0 Å². The van der Waals surface area contributed by atoms with Gasteiger partial charge in [-0.2, -0.15) is 0 Å². The fourth-order valence-electron chi connectivity index (χ4n) is 3.06. The first kappa shape index (κ1) is 14.5. The molecule has 0 radical (unpaired) electrons. The van der Waals surface area contributed by atoms with E-state index in [1.165, 1.54) is 0 Å². The minimum Gasteiger partial charge on any atom is -0.497 e. The molecule has 2 fully saturated rings. The van der Waals surface area contributed by atoms with Crippen LogP contribution in [0.4, 0.5) is 0 Å². The van der Waals surface area contributed by atoms with E-state index in [0.717, 1.165) is 24.2 Å². The van der Waals surface area contributed by atoms with Crippen LogP contribution in [0.5, 0.6) is 5.75 Å². The summed E-state index contributed by atoms with van der Waals surface area (Å²) in [5.74, 6) is 2.34. The van der Waals surface area contributed by atoms with Crippen LogP contribution < -0.4 is 10.1 Å². The molecule has 1 atom stereocenters. The van der Waals surface area contributed by atoms with Gasteiger partial charge in [-0.15, -0.1) is 0 Å². The van der Waals surface area contributed by atoms with Crippen molar-refractivity contribution in [3.63, 3.8) is 0 Å². The van der Waals surface area contributed by atoms with Crippen molar-refractivity contribution in [1.82, 2.24) is 10.2 Å². The summed E-state index contributed by atoms with van der Waals surface area (Å²) in [5.41, 5.74) is 1.06. The highest BCUT2D eigenvalue weighted by molar-refractivity contribution is 7.85. The molecule has 1 amide bonds. The van der Waals surface area contributed by atoms with E-state index in [1.54, 1.807) is 7.11 Å². The summed E-state index contributed by atoms with van der Waals surface area (Å²) < 4.78 is 16.7. The van der Waals surface area contributed by atoms with E-state index < -0.39 is 10.8 Å². The largest absolute Gasteiger partial charge is 0.497 e. The molecule has 114 valence electrons. The molecule has 0 aromatic heterocycles. The molecule has 0 spiro atoms. The monoisotopic (exact) mass is 308 g/mol. The Hall–Kier alpha value is -1.40. The number of hydrogen-bond donors (Lipinski definition) is 1. The van der Waals surface area contributed by atoms with E-state index in [-0.39, 0.29) is 18.1 Å². The fraction of sp³-hybridized carbons (Fsp3) is 0.533. The number of rotatable bonds is 3. The standard InChI is InChI=1S/C15H20N2O3S/c1-20-13-4-2-11(3-5-13)15-16-10-14(18)17(15)12-6-8-21(19)9-7-12/h2-5,12,15-16H,6-10H2,1H3. The number of carbonyl (C=O) groups excluding carboxylic acids is 1. The third kappa shape index (κ3) is 2.96. The van der Waals surface area contributed by atoms with Gasteiger partial charge in [-0.25, -0.2) is 0 Å². The molecule has 0 saturated carbocycles. The maximum absolute atomic E-state index is 12.2. The van der Waals surface area contributed by atoms with Crippen LogP contribution in [0.25, 0.3) is 0 Å². The molecular weight excluding hydrogens is 288 g/mol. The molecule has 2 aliphatic heterocycles. The zero-order valence-electron chi connectivity index (χ0n) is 12.1. The lowest BCUT2D eigenvalue weighted by atomic mass is 10.1. The normalized spacial score (nSPS) is 29.7. The van der Waals surface area contributed by atoms with Crippen molar-refractivity contribution in [2.45, 2.75) is 25.0 Å². The molecular formula is C15H20N2O3S. The number of ether oxygens (including phenoxy) is 1. The molecule has 2 heterocycles. The Morgan fingerprint density at radius 3 is 2.52 bits per heavy atom. The van der Waals surface area contributed by atoms with Crippen LogP contribution in [0.15, 0.2) is 24.3 Å². The van der Waals surface area contributed by atoms with E-state index in [2.05, 4.69) is 5.32 Å². The van der Waals surface area contributed by atoms with Gasteiger partial charge in [-0.05, 0) is 30.5 Å². The van der Waals surface area contributed by atoms with Crippen LogP contribution in [-0.4, -0.2) is 46.2 Å². The molecule has 2 saturated heterocycles. The van der Waals surface area contributed by atoms with Crippen molar-refractivity contribution >= 4 is 16.7 Å². The van der Waals surface area contributed by atoms with Gasteiger partial charge in [-0.3, -0.25) is 14.3 Å². The second-order valence-corrected chi connectivity index (χ2v) is 7.13. The van der Waals surface area contributed by atoms with Crippen molar-refractivity contribution < 1.29 is 13.7 Å². The summed E-state index contributed by atoms with van der Waals surface area (Å²) in [7, 11) is 0.932. The lowest BCUT2D eigenvalue weighted by Gasteiger charge is -2.35. The number of carbonyl (C=O) groups is 1. The molecule has 21 heavy (non-hydrogen) atoms. The summed E-state index contributed by atoms with van der Waals surface area (Å²) in [6, 6.07) is 7.99. The maximum Gasteiger partial charge on any atom is 0.238 e. The number of nitrogens with zero attached hydrogens (tertiary/aromatic N) is 1. The highest BCUT2D eigenvalue weighted by Crippen LogP contribution is 2.30. The lowest BCUT2D eigenvalue weighted by Crippen LogP contribution is -2.43. The first-order valence-electron chi connectivity index (χ1n) is 7.22. The molecule has 5 nitrogen and oxygen atoms in total.